The number of rotatable bonds is 4. The Bertz CT molecular complexity index is 589. The molecular weight excluding hydrogens is 263 g/mol. The molecule has 4 heteroatoms. The molecule has 0 spiro atoms. The first kappa shape index (κ1) is 16.5. The molecule has 0 saturated heterocycles. The molecule has 0 aliphatic rings. The second-order valence-corrected chi connectivity index (χ2v) is 3.98. The van der Waals surface area contributed by atoms with Crippen LogP contribution < -0.4 is 39.4 Å². The van der Waals surface area contributed by atoms with E-state index in [0.29, 0.717) is 5.56 Å². The van der Waals surface area contributed by atoms with Gasteiger partial charge in [0.05, 0.1) is 13.1 Å². The van der Waals surface area contributed by atoms with Gasteiger partial charge in [0.1, 0.15) is 5.75 Å². The summed E-state index contributed by atoms with van der Waals surface area (Å²) in [6.45, 7) is 0. The van der Waals surface area contributed by atoms with Crippen molar-refractivity contribution < 1.29 is 44.2 Å². The molecule has 0 fully saturated rings. The van der Waals surface area contributed by atoms with E-state index in [-0.39, 0.29) is 35.1 Å². The van der Waals surface area contributed by atoms with Crippen LogP contribution in [0.15, 0.2) is 54.6 Å². The number of ether oxygens (including phenoxy) is 1. The van der Waals surface area contributed by atoms with Crippen LogP contribution in [0.5, 0.6) is 5.75 Å². The van der Waals surface area contributed by atoms with Gasteiger partial charge in [0.2, 0.25) is 0 Å². The van der Waals surface area contributed by atoms with Gasteiger partial charge in [-0.25, -0.2) is 0 Å². The first-order valence-electron chi connectivity index (χ1n) is 5.83. The van der Waals surface area contributed by atoms with E-state index in [1.54, 1.807) is 61.7 Å². The van der Waals surface area contributed by atoms with Gasteiger partial charge < -0.3 is 14.6 Å². The fraction of sp³-hybridized carbons (Fsp3) is 0.0625. The molecule has 0 unspecified atom stereocenters. The summed E-state index contributed by atoms with van der Waals surface area (Å²) in [6, 6.07) is 16.1. The monoisotopic (exact) mass is 276 g/mol. The summed E-state index contributed by atoms with van der Waals surface area (Å²) in [5.41, 5.74) is 1.56. The zero-order valence-corrected chi connectivity index (χ0v) is 13.5. The van der Waals surface area contributed by atoms with E-state index in [0.717, 1.165) is 11.3 Å². The van der Waals surface area contributed by atoms with Crippen LogP contribution in [0.25, 0.3) is 11.6 Å². The van der Waals surface area contributed by atoms with Crippen molar-refractivity contribution in [3.8, 4) is 5.75 Å². The molecule has 0 amide bonds. The van der Waals surface area contributed by atoms with Crippen LogP contribution in [0.4, 0.5) is 0 Å². The quantitative estimate of drug-likeness (QED) is 0.408. The minimum Gasteiger partial charge on any atom is -0.545 e. The molecule has 2 aromatic carbocycles. The number of carbonyl (C=O) groups excluding carboxylic acids is 1. The van der Waals surface area contributed by atoms with E-state index in [2.05, 4.69) is 0 Å². The second-order valence-electron chi connectivity index (χ2n) is 3.98. The average molecular weight is 276 g/mol. The van der Waals surface area contributed by atoms with Crippen LogP contribution in [-0.2, 0) is 4.79 Å². The summed E-state index contributed by atoms with van der Waals surface area (Å²) in [6.07, 6.45) is 1.59. The van der Waals surface area contributed by atoms with E-state index < -0.39 is 5.97 Å². The minimum absolute atomic E-state index is 0. The van der Waals surface area contributed by atoms with Gasteiger partial charge in [0.25, 0.3) is 0 Å². The maximum Gasteiger partial charge on any atom is 1.00 e. The fourth-order valence-corrected chi connectivity index (χ4v) is 1.74. The summed E-state index contributed by atoms with van der Waals surface area (Å²) < 4.78 is 5.06. The molecule has 0 bridgehead atoms. The van der Waals surface area contributed by atoms with Gasteiger partial charge in [-0.15, -0.1) is 0 Å². The smallest absolute Gasteiger partial charge is 0.545 e. The third kappa shape index (κ3) is 4.23. The van der Waals surface area contributed by atoms with Gasteiger partial charge in [-0.05, 0) is 29.3 Å². The van der Waals surface area contributed by atoms with Gasteiger partial charge in [-0.1, -0.05) is 42.5 Å². The van der Waals surface area contributed by atoms with Gasteiger partial charge in [-0.3, -0.25) is 0 Å². The molecule has 3 nitrogen and oxygen atoms in total. The van der Waals surface area contributed by atoms with E-state index in [1.807, 2.05) is 6.07 Å². The Kier molecular flexibility index (Phi) is 6.52. The summed E-state index contributed by atoms with van der Waals surface area (Å²) in [5.74, 6) is -0.464. The zero-order valence-electron chi connectivity index (χ0n) is 11.5. The van der Waals surface area contributed by atoms with Crippen molar-refractivity contribution in [1.29, 1.82) is 0 Å². The molecule has 0 aliphatic carbocycles. The Balaban J connectivity index is 0.00000200. The average Bonchev–Trinajstić information content (AvgIpc) is 2.46. The SMILES string of the molecule is COc1ccc(/C=C(/C(=O)[O-])c2ccccc2)cc1.[Na+]. The number of aliphatic carboxylic acids is 1. The van der Waals surface area contributed by atoms with E-state index in [9.17, 15) is 9.90 Å². The molecule has 2 rings (SSSR count). The number of benzene rings is 2. The Morgan fingerprint density at radius 1 is 1.05 bits per heavy atom. The van der Waals surface area contributed by atoms with Crippen LogP contribution in [0.2, 0.25) is 0 Å². The Hall–Kier alpha value is -1.55. The minimum atomic E-state index is -1.19. The first-order chi connectivity index (χ1) is 9.20. The standard InChI is InChI=1S/C16H14O3.Na/c1-19-14-9-7-12(8-10-14)11-15(16(17)18)13-5-3-2-4-6-13;/h2-11H,1H3,(H,17,18);/q;+1/p-1/b15-11+;. The van der Waals surface area contributed by atoms with Crippen molar-refractivity contribution in [1.82, 2.24) is 0 Å². The Morgan fingerprint density at radius 2 is 1.65 bits per heavy atom. The molecule has 2 aromatic rings. The first-order valence-corrected chi connectivity index (χ1v) is 5.83. The molecule has 0 saturated carbocycles. The number of carboxylic acid groups (broad SMARTS) is 1. The molecule has 0 N–H and O–H groups in total. The third-order valence-corrected chi connectivity index (χ3v) is 2.73. The third-order valence-electron chi connectivity index (χ3n) is 2.73. The molecule has 0 heterocycles. The van der Waals surface area contributed by atoms with Crippen LogP contribution in [0.1, 0.15) is 11.1 Å². The van der Waals surface area contributed by atoms with Crippen molar-refractivity contribution in [3.05, 3.63) is 65.7 Å². The van der Waals surface area contributed by atoms with Crippen LogP contribution >= 0.6 is 0 Å². The molecule has 0 aromatic heterocycles. The van der Waals surface area contributed by atoms with Gasteiger partial charge in [0.15, 0.2) is 0 Å². The number of methoxy groups -OCH3 is 1. The predicted octanol–water partition coefficient (Wildman–Crippen LogP) is -1.01. The number of carbonyl (C=O) groups is 1. The van der Waals surface area contributed by atoms with E-state index in [1.165, 1.54) is 0 Å². The van der Waals surface area contributed by atoms with Crippen LogP contribution in [-0.4, -0.2) is 13.1 Å². The number of hydrogen-bond donors (Lipinski definition) is 0. The van der Waals surface area contributed by atoms with Gasteiger partial charge >= 0.3 is 29.6 Å². The van der Waals surface area contributed by atoms with Crippen molar-refractivity contribution in [2.45, 2.75) is 0 Å². The zero-order chi connectivity index (χ0) is 13.7. The van der Waals surface area contributed by atoms with E-state index >= 15 is 0 Å². The second kappa shape index (κ2) is 7.90. The Labute approximate surface area is 140 Å². The maximum atomic E-state index is 11.2. The number of hydrogen-bond acceptors (Lipinski definition) is 3. The largest absolute Gasteiger partial charge is 1.00 e. The number of carboxylic acids is 1. The summed E-state index contributed by atoms with van der Waals surface area (Å²) in [7, 11) is 1.58. The summed E-state index contributed by atoms with van der Waals surface area (Å²) in [4.78, 5) is 11.2. The fourth-order valence-electron chi connectivity index (χ4n) is 1.74. The molecule has 0 atom stereocenters. The van der Waals surface area contributed by atoms with Crippen molar-refractivity contribution in [2.75, 3.05) is 7.11 Å². The summed E-state index contributed by atoms with van der Waals surface area (Å²) in [5, 5.41) is 11.2. The van der Waals surface area contributed by atoms with Crippen molar-refractivity contribution in [2.24, 2.45) is 0 Å². The maximum absolute atomic E-state index is 11.2. The van der Waals surface area contributed by atoms with Gasteiger partial charge in [-0.2, -0.15) is 0 Å². The van der Waals surface area contributed by atoms with Crippen LogP contribution in [0.3, 0.4) is 0 Å². The molecule has 96 valence electrons. The summed E-state index contributed by atoms with van der Waals surface area (Å²) >= 11 is 0. The van der Waals surface area contributed by atoms with E-state index in [4.69, 9.17) is 4.74 Å². The molecule has 20 heavy (non-hydrogen) atoms. The Morgan fingerprint density at radius 3 is 2.15 bits per heavy atom. The predicted molar refractivity (Wildman–Crippen MR) is 72.3 cm³/mol. The molecule has 0 aliphatic heterocycles. The molecule has 0 radical (unpaired) electrons. The topological polar surface area (TPSA) is 49.4 Å². The van der Waals surface area contributed by atoms with Crippen molar-refractivity contribution in [3.63, 3.8) is 0 Å². The van der Waals surface area contributed by atoms with Crippen LogP contribution in [0, 0.1) is 0 Å². The normalized spacial score (nSPS) is 10.6. The molecular formula is C16H13NaO3. The van der Waals surface area contributed by atoms with Crippen molar-refractivity contribution >= 4 is 17.6 Å². The van der Waals surface area contributed by atoms with Gasteiger partial charge in [0, 0.05) is 5.57 Å².